The van der Waals surface area contributed by atoms with Crippen LogP contribution in [0.3, 0.4) is 0 Å². The van der Waals surface area contributed by atoms with Crippen LogP contribution in [0.2, 0.25) is 10.0 Å². The van der Waals surface area contributed by atoms with Crippen LogP contribution < -0.4 is 9.64 Å². The molecule has 0 radical (unpaired) electrons. The summed E-state index contributed by atoms with van der Waals surface area (Å²) in [4.78, 5) is 2.00. The highest BCUT2D eigenvalue weighted by molar-refractivity contribution is 6.34. The number of anilines is 1. The number of ether oxygens (including phenoxy) is 1. The topological polar surface area (TPSA) is 30.3 Å². The molecule has 102 valence electrons. The van der Waals surface area contributed by atoms with Gasteiger partial charge in [-0.25, -0.2) is 0 Å². The molecule has 0 aliphatic rings. The van der Waals surface area contributed by atoms with E-state index in [2.05, 4.69) is 5.10 Å². The van der Waals surface area contributed by atoms with E-state index in [1.165, 1.54) is 0 Å². The standard InChI is InChI=1S/C13H15Cl2N3O/c1-17(13-4-5-18(2)16-13)8-9-6-11(15)12(19-3)7-10(9)14/h4-7H,8H2,1-3H3. The average molecular weight is 300 g/mol. The Morgan fingerprint density at radius 2 is 2.05 bits per heavy atom. The van der Waals surface area contributed by atoms with Crippen molar-refractivity contribution in [2.75, 3.05) is 19.1 Å². The number of aromatic nitrogens is 2. The Labute approximate surface area is 122 Å². The number of methoxy groups -OCH3 is 1. The van der Waals surface area contributed by atoms with Crippen molar-refractivity contribution < 1.29 is 4.74 Å². The summed E-state index contributed by atoms with van der Waals surface area (Å²) in [6.07, 6.45) is 1.90. The Bertz CT molecular complexity index is 583. The van der Waals surface area contributed by atoms with Gasteiger partial charge in [-0.1, -0.05) is 23.2 Å². The van der Waals surface area contributed by atoms with Gasteiger partial charge in [0.15, 0.2) is 5.82 Å². The molecule has 0 spiro atoms. The molecule has 0 bridgehead atoms. The van der Waals surface area contributed by atoms with E-state index in [-0.39, 0.29) is 0 Å². The third-order valence-electron chi connectivity index (χ3n) is 2.82. The minimum atomic E-state index is 0.552. The quantitative estimate of drug-likeness (QED) is 0.867. The zero-order chi connectivity index (χ0) is 14.0. The average Bonchev–Trinajstić information content (AvgIpc) is 2.80. The van der Waals surface area contributed by atoms with Crippen molar-refractivity contribution in [3.63, 3.8) is 0 Å². The number of halogens is 2. The predicted octanol–water partition coefficient (Wildman–Crippen LogP) is 3.37. The smallest absolute Gasteiger partial charge is 0.150 e. The van der Waals surface area contributed by atoms with Gasteiger partial charge in [0.05, 0.1) is 12.1 Å². The van der Waals surface area contributed by atoms with Crippen LogP contribution in [0.4, 0.5) is 5.82 Å². The highest BCUT2D eigenvalue weighted by atomic mass is 35.5. The molecule has 0 aliphatic carbocycles. The molecule has 1 aromatic carbocycles. The van der Waals surface area contributed by atoms with Gasteiger partial charge in [-0.15, -0.1) is 0 Å². The third kappa shape index (κ3) is 3.14. The Kier molecular flexibility index (Phi) is 4.22. The first-order valence-corrected chi connectivity index (χ1v) is 6.49. The van der Waals surface area contributed by atoms with Crippen molar-refractivity contribution in [3.8, 4) is 5.75 Å². The fraction of sp³-hybridized carbons (Fsp3) is 0.308. The van der Waals surface area contributed by atoms with E-state index in [9.17, 15) is 0 Å². The second-order valence-corrected chi connectivity index (χ2v) is 5.10. The molecular weight excluding hydrogens is 285 g/mol. The minimum absolute atomic E-state index is 0.552. The molecule has 0 fully saturated rings. The van der Waals surface area contributed by atoms with Crippen molar-refractivity contribution in [3.05, 3.63) is 40.0 Å². The molecule has 0 amide bonds. The number of benzene rings is 1. The molecule has 0 unspecified atom stereocenters. The summed E-state index contributed by atoms with van der Waals surface area (Å²) < 4.78 is 6.89. The van der Waals surface area contributed by atoms with Gasteiger partial charge in [-0.05, 0) is 11.6 Å². The second-order valence-electron chi connectivity index (χ2n) is 4.28. The molecule has 0 saturated heterocycles. The van der Waals surface area contributed by atoms with Gasteiger partial charge < -0.3 is 9.64 Å². The van der Waals surface area contributed by atoms with Crippen molar-refractivity contribution in [1.29, 1.82) is 0 Å². The van der Waals surface area contributed by atoms with Gasteiger partial charge in [0.1, 0.15) is 5.75 Å². The van der Waals surface area contributed by atoms with Gasteiger partial charge in [0.25, 0.3) is 0 Å². The summed E-state index contributed by atoms with van der Waals surface area (Å²) in [6, 6.07) is 5.49. The fourth-order valence-corrected chi connectivity index (χ4v) is 2.27. The van der Waals surface area contributed by atoms with Gasteiger partial charge in [0.2, 0.25) is 0 Å². The van der Waals surface area contributed by atoms with Crippen molar-refractivity contribution in [2.45, 2.75) is 6.54 Å². The summed E-state index contributed by atoms with van der Waals surface area (Å²) in [5.74, 6) is 1.46. The number of aryl methyl sites for hydroxylation is 1. The molecule has 1 heterocycles. The van der Waals surface area contributed by atoms with Gasteiger partial charge >= 0.3 is 0 Å². The van der Waals surface area contributed by atoms with E-state index in [1.807, 2.05) is 37.3 Å². The SMILES string of the molecule is COc1cc(Cl)c(CN(C)c2ccn(C)n2)cc1Cl. The zero-order valence-corrected chi connectivity index (χ0v) is 12.5. The van der Waals surface area contributed by atoms with Crippen molar-refractivity contribution in [2.24, 2.45) is 7.05 Å². The molecular formula is C13H15Cl2N3O. The molecule has 19 heavy (non-hydrogen) atoms. The summed E-state index contributed by atoms with van der Waals surface area (Å²) in [6.45, 7) is 0.625. The Balaban J connectivity index is 2.21. The number of nitrogens with zero attached hydrogens (tertiary/aromatic N) is 3. The second kappa shape index (κ2) is 5.72. The van der Waals surface area contributed by atoms with E-state index in [4.69, 9.17) is 27.9 Å². The molecule has 2 rings (SSSR count). The summed E-state index contributed by atoms with van der Waals surface area (Å²) in [5, 5.41) is 5.52. The van der Waals surface area contributed by atoms with Gasteiger partial charge in [0, 0.05) is 44.0 Å². The van der Waals surface area contributed by atoms with E-state index in [0.717, 1.165) is 11.4 Å². The molecule has 0 atom stereocenters. The molecule has 1 aromatic heterocycles. The summed E-state index contributed by atoms with van der Waals surface area (Å²) in [7, 11) is 5.41. The van der Waals surface area contributed by atoms with Crippen LogP contribution in [0, 0.1) is 0 Å². The van der Waals surface area contributed by atoms with Gasteiger partial charge in [-0.2, -0.15) is 5.10 Å². The van der Waals surface area contributed by atoms with E-state index in [1.54, 1.807) is 17.9 Å². The lowest BCUT2D eigenvalue weighted by Gasteiger charge is -2.18. The maximum absolute atomic E-state index is 6.23. The van der Waals surface area contributed by atoms with Crippen molar-refractivity contribution >= 4 is 29.0 Å². The molecule has 2 aromatic rings. The van der Waals surface area contributed by atoms with Gasteiger partial charge in [-0.3, -0.25) is 4.68 Å². The van der Waals surface area contributed by atoms with Crippen LogP contribution in [0.1, 0.15) is 5.56 Å². The number of hydrogen-bond donors (Lipinski definition) is 0. The fourth-order valence-electron chi connectivity index (χ4n) is 1.79. The number of hydrogen-bond acceptors (Lipinski definition) is 3. The Morgan fingerprint density at radius 1 is 1.32 bits per heavy atom. The maximum Gasteiger partial charge on any atom is 0.150 e. The van der Waals surface area contributed by atoms with E-state index < -0.39 is 0 Å². The molecule has 0 saturated carbocycles. The Hall–Kier alpha value is -1.39. The molecule has 0 N–H and O–H groups in total. The maximum atomic E-state index is 6.23. The molecule has 6 heteroatoms. The van der Waals surface area contributed by atoms with Crippen LogP contribution in [0.15, 0.2) is 24.4 Å². The van der Waals surface area contributed by atoms with Crippen LogP contribution in [0.5, 0.6) is 5.75 Å². The lowest BCUT2D eigenvalue weighted by Crippen LogP contribution is -2.17. The van der Waals surface area contributed by atoms with Crippen LogP contribution >= 0.6 is 23.2 Å². The van der Waals surface area contributed by atoms with Crippen LogP contribution in [0.25, 0.3) is 0 Å². The largest absolute Gasteiger partial charge is 0.495 e. The normalized spacial score (nSPS) is 10.6. The molecule has 0 aliphatic heterocycles. The van der Waals surface area contributed by atoms with Crippen LogP contribution in [-0.4, -0.2) is 23.9 Å². The summed E-state index contributed by atoms with van der Waals surface area (Å²) in [5.41, 5.74) is 0.931. The first-order chi connectivity index (χ1) is 9.01. The molecule has 4 nitrogen and oxygen atoms in total. The minimum Gasteiger partial charge on any atom is -0.495 e. The third-order valence-corrected chi connectivity index (χ3v) is 3.47. The van der Waals surface area contributed by atoms with E-state index >= 15 is 0 Å². The van der Waals surface area contributed by atoms with Crippen molar-refractivity contribution in [1.82, 2.24) is 9.78 Å². The number of rotatable bonds is 4. The highest BCUT2D eigenvalue weighted by Crippen LogP contribution is 2.31. The van der Waals surface area contributed by atoms with E-state index in [0.29, 0.717) is 22.3 Å². The Morgan fingerprint density at radius 3 is 2.63 bits per heavy atom. The summed E-state index contributed by atoms with van der Waals surface area (Å²) >= 11 is 12.3. The predicted molar refractivity (Wildman–Crippen MR) is 78.3 cm³/mol. The lowest BCUT2D eigenvalue weighted by atomic mass is 10.2. The zero-order valence-electron chi connectivity index (χ0n) is 11.0. The lowest BCUT2D eigenvalue weighted by molar-refractivity contribution is 0.415. The van der Waals surface area contributed by atoms with Crippen LogP contribution in [-0.2, 0) is 13.6 Å². The first-order valence-electron chi connectivity index (χ1n) is 5.74. The first kappa shape index (κ1) is 14.0. The highest BCUT2D eigenvalue weighted by Gasteiger charge is 2.11. The monoisotopic (exact) mass is 299 g/mol.